The second-order valence-corrected chi connectivity index (χ2v) is 7.94. The van der Waals surface area contributed by atoms with Gasteiger partial charge in [0.1, 0.15) is 0 Å². The Kier molecular flexibility index (Phi) is 9.52. The van der Waals surface area contributed by atoms with E-state index in [1.807, 2.05) is 20.8 Å². The third kappa shape index (κ3) is 5.42. The van der Waals surface area contributed by atoms with Crippen LogP contribution in [0.3, 0.4) is 0 Å². The van der Waals surface area contributed by atoms with Gasteiger partial charge in [-0.25, -0.2) is 9.78 Å². The lowest BCUT2D eigenvalue weighted by molar-refractivity contribution is 0.0927. The van der Waals surface area contributed by atoms with Crippen LogP contribution in [0.2, 0.25) is 0 Å². The molecule has 0 aromatic carbocycles. The summed E-state index contributed by atoms with van der Waals surface area (Å²) in [5, 5.41) is 3.21. The minimum Gasteiger partial charge on any atom is -0.349 e. The van der Waals surface area contributed by atoms with Gasteiger partial charge in [0, 0.05) is 24.3 Å². The number of aryl methyl sites for hydroxylation is 1. The molecule has 10 heteroatoms. The highest BCUT2D eigenvalue weighted by Gasteiger charge is 2.24. The zero-order chi connectivity index (χ0) is 20.4. The number of halogens is 2. The van der Waals surface area contributed by atoms with E-state index in [2.05, 4.69) is 15.3 Å². The number of H-pyrrole nitrogens is 1. The number of rotatable bonds is 5. The number of carbonyl (C=O) groups excluding carboxylic acids is 1. The monoisotopic (exact) mass is 459 g/mol. The van der Waals surface area contributed by atoms with Crippen molar-refractivity contribution in [3.8, 4) is 0 Å². The van der Waals surface area contributed by atoms with Gasteiger partial charge < -0.3 is 11.1 Å². The maximum atomic E-state index is 13.1. The number of hydrogen-bond acceptors (Lipinski definition) is 5. The van der Waals surface area contributed by atoms with Crippen molar-refractivity contribution in [3.63, 3.8) is 0 Å². The van der Waals surface area contributed by atoms with Crippen LogP contribution in [0.1, 0.15) is 74.8 Å². The van der Waals surface area contributed by atoms with Crippen LogP contribution in [0, 0.1) is 0 Å². The van der Waals surface area contributed by atoms with Crippen LogP contribution in [0.4, 0.5) is 0 Å². The van der Waals surface area contributed by atoms with Crippen molar-refractivity contribution in [3.05, 3.63) is 38.2 Å². The molecule has 0 aliphatic heterocycles. The molecule has 0 bridgehead atoms. The van der Waals surface area contributed by atoms with Crippen LogP contribution in [0.25, 0.3) is 11.0 Å². The molecule has 4 N–H and O–H groups in total. The lowest BCUT2D eigenvalue weighted by Crippen LogP contribution is -2.41. The first-order chi connectivity index (χ1) is 13.3. The fourth-order valence-electron chi connectivity index (χ4n) is 3.73. The molecule has 1 fully saturated rings. The summed E-state index contributed by atoms with van der Waals surface area (Å²) in [6.45, 7) is 6.29. The summed E-state index contributed by atoms with van der Waals surface area (Å²) in [6, 6.07) is 1.90. The first-order valence-electron chi connectivity index (χ1n) is 10.1. The summed E-state index contributed by atoms with van der Waals surface area (Å²) in [5.74, 6) is -0.255. The maximum absolute atomic E-state index is 13.1. The first-order valence-corrected chi connectivity index (χ1v) is 10.1. The highest BCUT2D eigenvalue weighted by atomic mass is 35.5. The highest BCUT2D eigenvalue weighted by molar-refractivity contribution is 6.05. The van der Waals surface area contributed by atoms with Crippen molar-refractivity contribution >= 4 is 41.8 Å². The summed E-state index contributed by atoms with van der Waals surface area (Å²) in [5.41, 5.74) is 6.10. The van der Waals surface area contributed by atoms with E-state index in [1.54, 1.807) is 6.07 Å². The lowest BCUT2D eigenvalue weighted by atomic mass is 9.91. The summed E-state index contributed by atoms with van der Waals surface area (Å²) >= 11 is 0. The Bertz CT molecular complexity index is 994. The van der Waals surface area contributed by atoms with E-state index >= 15 is 0 Å². The van der Waals surface area contributed by atoms with E-state index in [0.29, 0.717) is 18.7 Å². The number of nitrogens with one attached hydrogen (secondary N) is 2. The Balaban J connectivity index is 0.00000225. The Hall–Kier alpha value is -1.90. The van der Waals surface area contributed by atoms with E-state index < -0.39 is 11.2 Å². The third-order valence-corrected chi connectivity index (χ3v) is 5.36. The van der Waals surface area contributed by atoms with E-state index in [9.17, 15) is 14.4 Å². The SMILES string of the molecule is CCCn1c(=O)[nH]c(=O)c2c(C(=O)NC3CCC(N)CC3)cc(C(C)C)nc21.Cl.Cl. The molecule has 2 aromatic rings. The molecule has 0 unspecified atom stereocenters. The molecular weight excluding hydrogens is 429 g/mol. The van der Waals surface area contributed by atoms with Gasteiger partial charge in [-0.1, -0.05) is 20.8 Å². The van der Waals surface area contributed by atoms with Gasteiger partial charge in [-0.05, 0) is 44.1 Å². The summed E-state index contributed by atoms with van der Waals surface area (Å²) < 4.78 is 1.44. The number of pyridine rings is 1. The minimum absolute atomic E-state index is 0. The largest absolute Gasteiger partial charge is 0.349 e. The van der Waals surface area contributed by atoms with Crippen LogP contribution < -0.4 is 22.3 Å². The van der Waals surface area contributed by atoms with Crippen LogP contribution >= 0.6 is 24.8 Å². The number of carbonyl (C=O) groups is 1. The third-order valence-electron chi connectivity index (χ3n) is 5.36. The van der Waals surface area contributed by atoms with E-state index in [0.717, 1.165) is 25.7 Å². The molecule has 2 aromatic heterocycles. The van der Waals surface area contributed by atoms with Crippen molar-refractivity contribution in [1.82, 2.24) is 19.9 Å². The maximum Gasteiger partial charge on any atom is 0.329 e. The zero-order valence-corrected chi connectivity index (χ0v) is 19.2. The van der Waals surface area contributed by atoms with Gasteiger partial charge in [0.15, 0.2) is 5.65 Å². The molecule has 8 nitrogen and oxygen atoms in total. The average molecular weight is 460 g/mol. The van der Waals surface area contributed by atoms with E-state index in [4.69, 9.17) is 5.73 Å². The summed E-state index contributed by atoms with van der Waals surface area (Å²) in [7, 11) is 0. The number of amides is 1. The smallest absolute Gasteiger partial charge is 0.329 e. The fraction of sp³-hybridized carbons (Fsp3) is 0.600. The topological polar surface area (TPSA) is 123 Å². The van der Waals surface area contributed by atoms with Gasteiger partial charge in [-0.3, -0.25) is 19.1 Å². The molecule has 2 heterocycles. The van der Waals surface area contributed by atoms with Crippen LogP contribution in [0.15, 0.2) is 15.7 Å². The Morgan fingerprint density at radius 2 is 1.90 bits per heavy atom. The van der Waals surface area contributed by atoms with Gasteiger partial charge in [-0.2, -0.15) is 0 Å². The number of nitrogens with zero attached hydrogens (tertiary/aromatic N) is 2. The quantitative estimate of drug-likeness (QED) is 0.633. The second-order valence-electron chi connectivity index (χ2n) is 7.94. The average Bonchev–Trinajstić information content (AvgIpc) is 2.65. The van der Waals surface area contributed by atoms with Crippen molar-refractivity contribution in [1.29, 1.82) is 0 Å². The molecular formula is C20H31Cl2N5O3. The van der Waals surface area contributed by atoms with Gasteiger partial charge in [-0.15, -0.1) is 24.8 Å². The lowest BCUT2D eigenvalue weighted by Gasteiger charge is -2.27. The summed E-state index contributed by atoms with van der Waals surface area (Å²) in [6.07, 6.45) is 4.10. The van der Waals surface area contributed by atoms with E-state index in [1.165, 1.54) is 4.57 Å². The highest BCUT2D eigenvalue weighted by Crippen LogP contribution is 2.22. The molecule has 0 spiro atoms. The second kappa shape index (κ2) is 10.9. The van der Waals surface area contributed by atoms with Crippen LogP contribution in [-0.2, 0) is 6.54 Å². The van der Waals surface area contributed by atoms with Crippen molar-refractivity contribution in [2.24, 2.45) is 5.73 Å². The van der Waals surface area contributed by atoms with Crippen molar-refractivity contribution in [2.75, 3.05) is 0 Å². The molecule has 168 valence electrons. The molecule has 0 atom stereocenters. The minimum atomic E-state index is -0.578. The fourth-order valence-corrected chi connectivity index (χ4v) is 3.73. The Morgan fingerprint density at radius 3 is 2.47 bits per heavy atom. The number of aromatic amines is 1. The standard InChI is InChI=1S/C20H29N5O3.2ClH/c1-4-9-25-17-16(19(27)24-20(25)28)14(10-15(23-17)11(2)3)18(26)22-13-7-5-12(21)6-8-13;;/h10-13H,4-9,21H2,1-3H3,(H,22,26)(H,24,27,28);2*1H. The van der Waals surface area contributed by atoms with Gasteiger partial charge in [0.25, 0.3) is 11.5 Å². The van der Waals surface area contributed by atoms with Crippen LogP contribution in [-0.4, -0.2) is 32.5 Å². The number of fused-ring (bicyclic) bond motifs is 1. The molecule has 0 radical (unpaired) electrons. The Morgan fingerprint density at radius 1 is 1.27 bits per heavy atom. The molecule has 1 saturated carbocycles. The van der Waals surface area contributed by atoms with Gasteiger partial charge >= 0.3 is 5.69 Å². The molecule has 30 heavy (non-hydrogen) atoms. The Labute approximate surface area is 187 Å². The number of aromatic nitrogens is 3. The van der Waals surface area contributed by atoms with Crippen molar-refractivity contribution in [2.45, 2.75) is 77.4 Å². The molecule has 3 rings (SSSR count). The normalized spacial score (nSPS) is 18.6. The van der Waals surface area contributed by atoms with Gasteiger partial charge in [0.05, 0.1) is 10.9 Å². The molecule has 1 aliphatic carbocycles. The summed E-state index contributed by atoms with van der Waals surface area (Å²) in [4.78, 5) is 44.9. The first kappa shape index (κ1) is 26.1. The van der Waals surface area contributed by atoms with Gasteiger partial charge in [0.2, 0.25) is 0 Å². The predicted molar refractivity (Wildman–Crippen MR) is 123 cm³/mol. The van der Waals surface area contributed by atoms with Crippen LogP contribution in [0.5, 0.6) is 0 Å². The molecule has 1 aliphatic rings. The zero-order valence-electron chi connectivity index (χ0n) is 17.6. The van der Waals surface area contributed by atoms with Crippen molar-refractivity contribution < 1.29 is 4.79 Å². The molecule has 0 saturated heterocycles. The molecule has 1 amide bonds. The number of hydrogen-bond donors (Lipinski definition) is 3. The van der Waals surface area contributed by atoms with E-state index in [-0.39, 0.29) is 65.3 Å². The number of nitrogens with two attached hydrogens (primary N) is 1. The predicted octanol–water partition coefficient (Wildman–Crippen LogP) is 2.46.